The van der Waals surface area contributed by atoms with Crippen molar-refractivity contribution in [3.63, 3.8) is 0 Å². The van der Waals surface area contributed by atoms with Gasteiger partial charge in [0.05, 0.1) is 13.0 Å². The molecule has 1 saturated heterocycles. The van der Waals surface area contributed by atoms with Crippen molar-refractivity contribution in [2.75, 3.05) is 20.2 Å². The number of benzene rings is 1. The van der Waals surface area contributed by atoms with Gasteiger partial charge in [0.1, 0.15) is 5.75 Å². The molecule has 1 aromatic carbocycles. The highest BCUT2D eigenvalue weighted by molar-refractivity contribution is 5.77. The second-order valence-corrected chi connectivity index (χ2v) is 5.34. The topological polar surface area (TPSA) is 66.8 Å². The zero-order valence-corrected chi connectivity index (χ0v) is 12.2. The fourth-order valence-electron chi connectivity index (χ4n) is 2.58. The number of hydrogen-bond donors (Lipinski definition) is 1. The zero-order valence-electron chi connectivity index (χ0n) is 12.2. The number of nitrogens with zero attached hydrogens (tertiary/aromatic N) is 1. The summed E-state index contributed by atoms with van der Waals surface area (Å²) < 4.78 is 5.10. The quantitative estimate of drug-likeness (QED) is 0.900. The molecule has 2 rings (SSSR count). The van der Waals surface area contributed by atoms with Gasteiger partial charge in [0.15, 0.2) is 0 Å². The number of amides is 1. The lowest BCUT2D eigenvalue weighted by Crippen LogP contribution is -2.40. The summed E-state index contributed by atoms with van der Waals surface area (Å²) in [4.78, 5) is 24.8. The molecule has 21 heavy (non-hydrogen) atoms. The van der Waals surface area contributed by atoms with Crippen LogP contribution in [-0.4, -0.2) is 42.1 Å². The number of aliphatic carboxylic acids is 1. The summed E-state index contributed by atoms with van der Waals surface area (Å²) in [6.07, 6.45) is 2.28. The van der Waals surface area contributed by atoms with Gasteiger partial charge in [0.2, 0.25) is 5.91 Å². The van der Waals surface area contributed by atoms with E-state index in [1.54, 1.807) is 12.0 Å². The van der Waals surface area contributed by atoms with Crippen molar-refractivity contribution >= 4 is 11.9 Å². The summed E-state index contributed by atoms with van der Waals surface area (Å²) in [5.74, 6) is -0.133. The van der Waals surface area contributed by atoms with E-state index in [1.807, 2.05) is 24.3 Å². The Bertz CT molecular complexity index is 490. The van der Waals surface area contributed by atoms with Gasteiger partial charge in [-0.3, -0.25) is 9.59 Å². The van der Waals surface area contributed by atoms with Gasteiger partial charge in [0.25, 0.3) is 0 Å². The van der Waals surface area contributed by atoms with Crippen LogP contribution in [0.4, 0.5) is 0 Å². The Labute approximate surface area is 124 Å². The van der Waals surface area contributed by atoms with Crippen LogP contribution in [0.25, 0.3) is 0 Å². The van der Waals surface area contributed by atoms with Crippen LogP contribution in [0.15, 0.2) is 24.3 Å². The SMILES string of the molecule is COc1ccc(CCC(=O)N2CCC(C(=O)O)CC2)cc1. The van der Waals surface area contributed by atoms with Gasteiger partial charge in [-0.15, -0.1) is 0 Å². The number of ether oxygens (including phenoxy) is 1. The number of carbonyl (C=O) groups is 2. The maximum Gasteiger partial charge on any atom is 0.306 e. The van der Waals surface area contributed by atoms with E-state index in [1.165, 1.54) is 0 Å². The normalized spacial score (nSPS) is 15.8. The third-order valence-corrected chi connectivity index (χ3v) is 3.98. The molecule has 5 heteroatoms. The summed E-state index contributed by atoms with van der Waals surface area (Å²) in [6.45, 7) is 1.11. The molecule has 1 aliphatic rings. The predicted octanol–water partition coefficient (Wildman–Crippen LogP) is 1.95. The molecule has 0 bridgehead atoms. The largest absolute Gasteiger partial charge is 0.497 e. The minimum atomic E-state index is -0.750. The summed E-state index contributed by atoms with van der Waals surface area (Å²) in [5, 5.41) is 8.94. The molecule has 1 fully saturated rings. The van der Waals surface area contributed by atoms with Crippen LogP contribution in [0.5, 0.6) is 5.75 Å². The number of likely N-dealkylation sites (tertiary alicyclic amines) is 1. The smallest absolute Gasteiger partial charge is 0.306 e. The summed E-state index contributed by atoms with van der Waals surface area (Å²) in [7, 11) is 1.62. The Morgan fingerprint density at radius 2 is 1.86 bits per heavy atom. The molecular formula is C16H21NO4. The summed E-state index contributed by atoms with van der Waals surface area (Å²) in [6, 6.07) is 7.70. The van der Waals surface area contributed by atoms with Crippen molar-refractivity contribution in [2.24, 2.45) is 5.92 Å². The molecule has 1 amide bonds. The molecule has 0 unspecified atom stereocenters. The van der Waals surface area contributed by atoms with Crippen LogP contribution >= 0.6 is 0 Å². The van der Waals surface area contributed by atoms with Crippen LogP contribution in [-0.2, 0) is 16.0 Å². The average Bonchev–Trinajstić information content (AvgIpc) is 2.53. The first-order valence-electron chi connectivity index (χ1n) is 7.23. The minimum absolute atomic E-state index is 0.106. The lowest BCUT2D eigenvalue weighted by atomic mass is 9.96. The van der Waals surface area contributed by atoms with Gasteiger partial charge in [0, 0.05) is 19.5 Å². The fraction of sp³-hybridized carbons (Fsp3) is 0.500. The number of methoxy groups -OCH3 is 1. The Morgan fingerprint density at radius 3 is 2.38 bits per heavy atom. The third-order valence-electron chi connectivity index (χ3n) is 3.98. The third kappa shape index (κ3) is 4.21. The molecule has 0 atom stereocenters. The highest BCUT2D eigenvalue weighted by Crippen LogP contribution is 2.19. The summed E-state index contributed by atoms with van der Waals surface area (Å²) >= 11 is 0. The van der Waals surface area contributed by atoms with E-state index in [0.29, 0.717) is 38.8 Å². The van der Waals surface area contributed by atoms with Crippen LogP contribution in [0.3, 0.4) is 0 Å². The van der Waals surface area contributed by atoms with Crippen LogP contribution in [0.2, 0.25) is 0 Å². The maximum absolute atomic E-state index is 12.1. The number of aryl methyl sites for hydroxylation is 1. The lowest BCUT2D eigenvalue weighted by molar-refractivity contribution is -0.145. The van der Waals surface area contributed by atoms with Gasteiger partial charge in [-0.25, -0.2) is 0 Å². The summed E-state index contributed by atoms with van der Waals surface area (Å²) in [5.41, 5.74) is 1.10. The fourth-order valence-corrected chi connectivity index (χ4v) is 2.58. The number of piperidine rings is 1. The molecule has 1 N–H and O–H groups in total. The first kappa shape index (κ1) is 15.4. The predicted molar refractivity (Wildman–Crippen MR) is 78.3 cm³/mol. The van der Waals surface area contributed by atoms with Crippen LogP contribution in [0, 0.1) is 5.92 Å². The van der Waals surface area contributed by atoms with Gasteiger partial charge in [-0.1, -0.05) is 12.1 Å². The average molecular weight is 291 g/mol. The molecule has 5 nitrogen and oxygen atoms in total. The molecule has 0 spiro atoms. The maximum atomic E-state index is 12.1. The molecule has 0 aliphatic carbocycles. The standard InChI is InChI=1S/C16H21NO4/c1-21-14-5-2-12(3-6-14)4-7-15(18)17-10-8-13(9-11-17)16(19)20/h2-3,5-6,13H,4,7-11H2,1H3,(H,19,20). The van der Waals surface area contributed by atoms with E-state index in [4.69, 9.17) is 9.84 Å². The van der Waals surface area contributed by atoms with Gasteiger partial charge >= 0.3 is 5.97 Å². The number of carbonyl (C=O) groups excluding carboxylic acids is 1. The number of hydrogen-bond acceptors (Lipinski definition) is 3. The lowest BCUT2D eigenvalue weighted by Gasteiger charge is -2.30. The van der Waals surface area contributed by atoms with Crippen molar-refractivity contribution in [3.05, 3.63) is 29.8 Å². The Morgan fingerprint density at radius 1 is 1.24 bits per heavy atom. The molecule has 0 aromatic heterocycles. The van der Waals surface area contributed by atoms with E-state index < -0.39 is 5.97 Å². The zero-order chi connectivity index (χ0) is 15.2. The van der Waals surface area contributed by atoms with E-state index in [2.05, 4.69) is 0 Å². The highest BCUT2D eigenvalue weighted by Gasteiger charge is 2.26. The molecule has 1 aromatic rings. The first-order valence-corrected chi connectivity index (χ1v) is 7.23. The molecule has 1 heterocycles. The molecule has 0 radical (unpaired) electrons. The van der Waals surface area contributed by atoms with Gasteiger partial charge in [-0.2, -0.15) is 0 Å². The molecule has 1 aliphatic heterocycles. The monoisotopic (exact) mass is 291 g/mol. The van der Waals surface area contributed by atoms with Crippen LogP contribution in [0.1, 0.15) is 24.8 Å². The Kier molecular flexibility index (Phi) is 5.20. The Balaban J connectivity index is 1.78. The van der Waals surface area contributed by atoms with Crippen molar-refractivity contribution < 1.29 is 19.4 Å². The second kappa shape index (κ2) is 7.11. The molecule has 114 valence electrons. The molecular weight excluding hydrogens is 270 g/mol. The minimum Gasteiger partial charge on any atom is -0.497 e. The van der Waals surface area contributed by atoms with Gasteiger partial charge in [-0.05, 0) is 37.0 Å². The number of rotatable bonds is 5. The van der Waals surface area contributed by atoms with Gasteiger partial charge < -0.3 is 14.7 Å². The van der Waals surface area contributed by atoms with Crippen LogP contribution < -0.4 is 4.74 Å². The first-order chi connectivity index (χ1) is 10.1. The van der Waals surface area contributed by atoms with E-state index in [0.717, 1.165) is 11.3 Å². The number of carboxylic acids is 1. The highest BCUT2D eigenvalue weighted by atomic mass is 16.5. The Hall–Kier alpha value is -2.04. The van der Waals surface area contributed by atoms with E-state index in [-0.39, 0.29) is 11.8 Å². The van der Waals surface area contributed by atoms with Crippen molar-refractivity contribution in [2.45, 2.75) is 25.7 Å². The van der Waals surface area contributed by atoms with E-state index >= 15 is 0 Å². The van der Waals surface area contributed by atoms with Crippen molar-refractivity contribution in [3.8, 4) is 5.75 Å². The second-order valence-electron chi connectivity index (χ2n) is 5.34. The number of carboxylic acid groups (broad SMARTS) is 1. The van der Waals surface area contributed by atoms with E-state index in [9.17, 15) is 9.59 Å². The van der Waals surface area contributed by atoms with Crippen molar-refractivity contribution in [1.82, 2.24) is 4.90 Å². The van der Waals surface area contributed by atoms with Crippen molar-refractivity contribution in [1.29, 1.82) is 0 Å². The molecule has 0 saturated carbocycles.